The van der Waals surface area contributed by atoms with Crippen LogP contribution in [0.3, 0.4) is 0 Å². The maximum Gasteiger partial charge on any atom is 0.0632 e. The molecule has 1 rings (SSSR count). The van der Waals surface area contributed by atoms with Crippen molar-refractivity contribution in [1.82, 2.24) is 0 Å². The summed E-state index contributed by atoms with van der Waals surface area (Å²) < 4.78 is 0. The molecule has 0 bridgehead atoms. The average molecular weight is 228 g/mol. The lowest BCUT2D eigenvalue weighted by atomic mass is 10.1. The van der Waals surface area contributed by atoms with Gasteiger partial charge in [-0.05, 0) is 30.7 Å². The summed E-state index contributed by atoms with van der Waals surface area (Å²) in [5, 5.41) is 13.2. The molecule has 0 radical (unpaired) electrons. The number of rotatable bonds is 6. The van der Waals surface area contributed by atoms with Crippen LogP contribution in [-0.4, -0.2) is 17.8 Å². The van der Waals surface area contributed by atoms with Gasteiger partial charge in [-0.3, -0.25) is 0 Å². The first kappa shape index (κ1) is 12.3. The first-order valence-electron chi connectivity index (χ1n) is 5.39. The Balaban J connectivity index is 2.47. The van der Waals surface area contributed by atoms with Gasteiger partial charge in [-0.25, -0.2) is 0 Å². The second-order valence-electron chi connectivity index (χ2n) is 3.67. The fourth-order valence-electron chi connectivity index (χ4n) is 1.44. The lowest BCUT2D eigenvalue weighted by molar-refractivity contribution is 0.267. The normalized spacial score (nSPS) is 12.5. The molecule has 0 aliphatic heterocycles. The van der Waals surface area contributed by atoms with E-state index in [0.717, 1.165) is 30.0 Å². The topological polar surface area (TPSA) is 32.3 Å². The van der Waals surface area contributed by atoms with Gasteiger partial charge in [0.05, 0.1) is 6.61 Å². The Kier molecular flexibility index (Phi) is 5.51. The largest absolute Gasteiger partial charge is 0.394 e. The zero-order chi connectivity index (χ0) is 11.1. The fraction of sp³-hybridized carbons (Fsp3) is 0.500. The van der Waals surface area contributed by atoms with Gasteiger partial charge in [0.2, 0.25) is 0 Å². The minimum Gasteiger partial charge on any atom is -0.394 e. The number of hydrogen-bond acceptors (Lipinski definition) is 2. The Labute approximate surface area is 96.3 Å². The highest BCUT2D eigenvalue weighted by Gasteiger charge is 2.05. The van der Waals surface area contributed by atoms with Crippen LogP contribution in [0, 0.1) is 0 Å². The highest BCUT2D eigenvalue weighted by Crippen LogP contribution is 2.15. The Bertz CT molecular complexity index is 273. The number of aliphatic hydroxyl groups is 1. The molecule has 0 aromatic heterocycles. The summed E-state index contributed by atoms with van der Waals surface area (Å²) in [7, 11) is 0. The van der Waals surface area contributed by atoms with Crippen molar-refractivity contribution in [2.45, 2.75) is 32.2 Å². The van der Waals surface area contributed by atoms with Gasteiger partial charge in [0, 0.05) is 16.8 Å². The molecule has 0 spiro atoms. The quantitative estimate of drug-likeness (QED) is 0.782. The highest BCUT2D eigenvalue weighted by molar-refractivity contribution is 6.30. The number of unbranched alkanes of at least 4 members (excludes halogenated alkanes) is 1. The van der Waals surface area contributed by atoms with Crippen LogP contribution in [0.2, 0.25) is 5.02 Å². The van der Waals surface area contributed by atoms with Crippen molar-refractivity contribution in [2.24, 2.45) is 0 Å². The summed E-state index contributed by atoms with van der Waals surface area (Å²) >= 11 is 5.79. The van der Waals surface area contributed by atoms with Crippen LogP contribution < -0.4 is 5.32 Å². The maximum atomic E-state index is 9.18. The molecule has 1 atom stereocenters. The van der Waals surface area contributed by atoms with Gasteiger partial charge in [-0.2, -0.15) is 0 Å². The predicted octanol–water partition coefficient (Wildman–Crippen LogP) is 3.30. The van der Waals surface area contributed by atoms with Crippen molar-refractivity contribution < 1.29 is 5.11 Å². The molecule has 0 amide bonds. The van der Waals surface area contributed by atoms with Crippen molar-refractivity contribution >= 4 is 17.3 Å². The third-order valence-corrected chi connectivity index (χ3v) is 2.59. The molecule has 3 heteroatoms. The Morgan fingerprint density at radius 3 is 2.53 bits per heavy atom. The van der Waals surface area contributed by atoms with Gasteiger partial charge >= 0.3 is 0 Å². The second-order valence-corrected chi connectivity index (χ2v) is 4.11. The molecule has 15 heavy (non-hydrogen) atoms. The van der Waals surface area contributed by atoms with E-state index in [9.17, 15) is 5.11 Å². The maximum absolute atomic E-state index is 9.18. The summed E-state index contributed by atoms with van der Waals surface area (Å²) in [5.41, 5.74) is 1.01. The molecule has 0 aliphatic carbocycles. The Hall–Kier alpha value is -0.730. The molecule has 0 aliphatic rings. The number of anilines is 1. The minimum absolute atomic E-state index is 0.145. The van der Waals surface area contributed by atoms with E-state index in [1.165, 1.54) is 0 Å². The highest BCUT2D eigenvalue weighted by atomic mass is 35.5. The number of nitrogens with one attached hydrogen (secondary N) is 1. The molecule has 1 unspecified atom stereocenters. The van der Waals surface area contributed by atoms with Crippen molar-refractivity contribution in [3.05, 3.63) is 29.3 Å². The number of benzene rings is 1. The molecule has 0 fully saturated rings. The second kappa shape index (κ2) is 6.70. The molecule has 0 saturated heterocycles. The summed E-state index contributed by atoms with van der Waals surface area (Å²) in [5.74, 6) is 0. The third-order valence-electron chi connectivity index (χ3n) is 2.34. The van der Waals surface area contributed by atoms with E-state index in [4.69, 9.17) is 11.6 Å². The van der Waals surface area contributed by atoms with E-state index in [0.29, 0.717) is 0 Å². The molecule has 0 saturated carbocycles. The first-order chi connectivity index (χ1) is 7.26. The van der Waals surface area contributed by atoms with Gasteiger partial charge in [-0.1, -0.05) is 31.4 Å². The Morgan fingerprint density at radius 2 is 2.00 bits per heavy atom. The van der Waals surface area contributed by atoms with Crippen LogP contribution in [0.25, 0.3) is 0 Å². The van der Waals surface area contributed by atoms with E-state index in [1.807, 2.05) is 24.3 Å². The van der Waals surface area contributed by atoms with Crippen LogP contribution in [0.4, 0.5) is 5.69 Å². The van der Waals surface area contributed by atoms with E-state index < -0.39 is 0 Å². The minimum atomic E-state index is 0.145. The molecule has 0 heterocycles. The van der Waals surface area contributed by atoms with Gasteiger partial charge in [0.15, 0.2) is 0 Å². The molecule has 2 nitrogen and oxygen atoms in total. The number of aliphatic hydroxyl groups excluding tert-OH is 1. The van der Waals surface area contributed by atoms with E-state index in [-0.39, 0.29) is 12.6 Å². The van der Waals surface area contributed by atoms with E-state index in [1.54, 1.807) is 0 Å². The number of halogens is 1. The summed E-state index contributed by atoms with van der Waals surface area (Å²) in [6, 6.07) is 7.69. The average Bonchev–Trinajstić information content (AvgIpc) is 2.27. The van der Waals surface area contributed by atoms with Crippen LogP contribution >= 0.6 is 11.6 Å². The van der Waals surface area contributed by atoms with Crippen molar-refractivity contribution in [2.75, 3.05) is 11.9 Å². The Morgan fingerprint density at radius 1 is 1.33 bits per heavy atom. The van der Waals surface area contributed by atoms with Gasteiger partial charge < -0.3 is 10.4 Å². The standard InChI is InChI=1S/C12H18ClNO/c1-2-3-4-12(9-15)14-11-7-5-10(13)6-8-11/h5-8,12,14-15H,2-4,9H2,1H3. The van der Waals surface area contributed by atoms with Gasteiger partial charge in [0.25, 0.3) is 0 Å². The molecule has 1 aromatic carbocycles. The van der Waals surface area contributed by atoms with Gasteiger partial charge in [0.1, 0.15) is 0 Å². The van der Waals surface area contributed by atoms with Crippen molar-refractivity contribution in [3.8, 4) is 0 Å². The van der Waals surface area contributed by atoms with Gasteiger partial charge in [-0.15, -0.1) is 0 Å². The molecular formula is C12H18ClNO. The summed E-state index contributed by atoms with van der Waals surface area (Å²) in [6.07, 6.45) is 3.28. The number of hydrogen-bond donors (Lipinski definition) is 2. The monoisotopic (exact) mass is 227 g/mol. The smallest absolute Gasteiger partial charge is 0.0632 e. The van der Waals surface area contributed by atoms with Crippen molar-refractivity contribution in [1.29, 1.82) is 0 Å². The van der Waals surface area contributed by atoms with Crippen LogP contribution in [0.15, 0.2) is 24.3 Å². The van der Waals surface area contributed by atoms with Crippen molar-refractivity contribution in [3.63, 3.8) is 0 Å². The third kappa shape index (κ3) is 4.54. The zero-order valence-electron chi connectivity index (χ0n) is 9.04. The fourth-order valence-corrected chi connectivity index (χ4v) is 1.57. The first-order valence-corrected chi connectivity index (χ1v) is 5.77. The molecule has 1 aromatic rings. The lowest BCUT2D eigenvalue weighted by Crippen LogP contribution is -2.23. The van der Waals surface area contributed by atoms with Crippen LogP contribution in [0.1, 0.15) is 26.2 Å². The van der Waals surface area contributed by atoms with Crippen LogP contribution in [0.5, 0.6) is 0 Å². The zero-order valence-corrected chi connectivity index (χ0v) is 9.80. The lowest BCUT2D eigenvalue weighted by Gasteiger charge is -2.17. The predicted molar refractivity (Wildman–Crippen MR) is 65.5 cm³/mol. The molecule has 84 valence electrons. The molecular weight excluding hydrogens is 210 g/mol. The van der Waals surface area contributed by atoms with Crippen LogP contribution in [-0.2, 0) is 0 Å². The SMILES string of the molecule is CCCCC(CO)Nc1ccc(Cl)cc1. The van der Waals surface area contributed by atoms with E-state index >= 15 is 0 Å². The van der Waals surface area contributed by atoms with E-state index in [2.05, 4.69) is 12.2 Å². The summed E-state index contributed by atoms with van der Waals surface area (Å²) in [4.78, 5) is 0. The molecule has 2 N–H and O–H groups in total. The summed E-state index contributed by atoms with van der Waals surface area (Å²) in [6.45, 7) is 2.32.